The van der Waals surface area contributed by atoms with E-state index in [4.69, 9.17) is 11.6 Å². The monoisotopic (exact) mass is 380 g/mol. The lowest BCUT2D eigenvalue weighted by Crippen LogP contribution is -2.15. The predicted molar refractivity (Wildman–Crippen MR) is 95.3 cm³/mol. The van der Waals surface area contributed by atoms with Gasteiger partial charge in [0.05, 0.1) is 25.7 Å². The van der Waals surface area contributed by atoms with E-state index >= 15 is 0 Å². The Hall–Kier alpha value is -1.96. The maximum Gasteiger partial charge on any atom is 0.280 e. The number of aromatic nitrogens is 1. The van der Waals surface area contributed by atoms with E-state index in [0.29, 0.717) is 9.82 Å². The average molecular weight is 381 g/mol. The standard InChI is InChI=1S/C16H13ClN2O3S2/c1-19-14-11(17)7-5-8-12(14)23-16(19)18-15(20)10-6-3-4-9-13(10)24(2,21)22/h3-9H,1-2H3. The first-order valence-electron chi connectivity index (χ1n) is 6.91. The smallest absolute Gasteiger partial charge is 0.280 e. The number of thiazole rings is 1. The first-order chi connectivity index (χ1) is 11.3. The molecule has 2 aromatic carbocycles. The van der Waals surface area contributed by atoms with E-state index in [9.17, 15) is 13.2 Å². The number of carbonyl (C=O) groups is 1. The van der Waals surface area contributed by atoms with Crippen molar-refractivity contribution in [1.82, 2.24) is 4.57 Å². The van der Waals surface area contributed by atoms with Crippen molar-refractivity contribution in [3.8, 4) is 0 Å². The van der Waals surface area contributed by atoms with E-state index in [1.807, 2.05) is 12.1 Å². The minimum absolute atomic E-state index is 0.0273. The van der Waals surface area contributed by atoms with Crippen molar-refractivity contribution in [3.05, 3.63) is 57.9 Å². The number of fused-ring (bicyclic) bond motifs is 1. The molecular weight excluding hydrogens is 368 g/mol. The molecule has 0 bridgehead atoms. The Labute approximate surface area is 147 Å². The number of hydrogen-bond donors (Lipinski definition) is 0. The molecule has 0 aliphatic heterocycles. The number of aryl methyl sites for hydroxylation is 1. The molecule has 0 spiro atoms. The van der Waals surface area contributed by atoms with Gasteiger partial charge in [-0.2, -0.15) is 4.99 Å². The number of para-hydroxylation sites is 1. The molecule has 0 fully saturated rings. The summed E-state index contributed by atoms with van der Waals surface area (Å²) in [4.78, 5) is 17.0. The third kappa shape index (κ3) is 3.02. The van der Waals surface area contributed by atoms with Crippen molar-refractivity contribution in [2.24, 2.45) is 12.0 Å². The Kier molecular flexibility index (Phi) is 4.33. The fourth-order valence-electron chi connectivity index (χ4n) is 2.38. The van der Waals surface area contributed by atoms with E-state index < -0.39 is 15.7 Å². The number of hydrogen-bond acceptors (Lipinski definition) is 4. The van der Waals surface area contributed by atoms with Gasteiger partial charge < -0.3 is 4.57 Å². The van der Waals surface area contributed by atoms with Crippen molar-refractivity contribution in [2.45, 2.75) is 4.90 Å². The van der Waals surface area contributed by atoms with Crippen LogP contribution in [0.4, 0.5) is 0 Å². The van der Waals surface area contributed by atoms with Gasteiger partial charge >= 0.3 is 0 Å². The molecule has 8 heteroatoms. The van der Waals surface area contributed by atoms with Gasteiger partial charge in [-0.15, -0.1) is 0 Å². The normalized spacial score (nSPS) is 12.7. The van der Waals surface area contributed by atoms with Gasteiger partial charge in [0.25, 0.3) is 5.91 Å². The highest BCUT2D eigenvalue weighted by Gasteiger charge is 2.18. The van der Waals surface area contributed by atoms with E-state index in [1.54, 1.807) is 29.8 Å². The molecule has 0 aliphatic carbocycles. The predicted octanol–water partition coefficient (Wildman–Crippen LogP) is 3.04. The molecule has 1 amide bonds. The first-order valence-corrected chi connectivity index (χ1v) is 10.00. The van der Waals surface area contributed by atoms with Crippen molar-refractivity contribution in [1.29, 1.82) is 0 Å². The molecule has 0 radical (unpaired) electrons. The Morgan fingerprint density at radius 1 is 1.17 bits per heavy atom. The summed E-state index contributed by atoms with van der Waals surface area (Å²) in [6, 6.07) is 11.5. The van der Waals surface area contributed by atoms with Crippen LogP contribution in [0.5, 0.6) is 0 Å². The van der Waals surface area contributed by atoms with Crippen LogP contribution in [0, 0.1) is 0 Å². The number of nitrogens with zero attached hydrogens (tertiary/aromatic N) is 2. The molecule has 124 valence electrons. The lowest BCUT2D eigenvalue weighted by Gasteiger charge is -2.03. The largest absolute Gasteiger partial charge is 0.318 e. The Morgan fingerprint density at radius 2 is 1.88 bits per heavy atom. The Balaban J connectivity index is 2.19. The molecule has 5 nitrogen and oxygen atoms in total. The zero-order valence-electron chi connectivity index (χ0n) is 12.9. The molecule has 0 atom stereocenters. The average Bonchev–Trinajstić information content (AvgIpc) is 2.84. The maximum atomic E-state index is 12.5. The van der Waals surface area contributed by atoms with Gasteiger partial charge in [-0.25, -0.2) is 8.42 Å². The molecule has 0 aliphatic rings. The van der Waals surface area contributed by atoms with Gasteiger partial charge in [0.2, 0.25) is 0 Å². The van der Waals surface area contributed by atoms with Crippen LogP contribution in [0.2, 0.25) is 5.02 Å². The first kappa shape index (κ1) is 16.9. The fourth-order valence-corrected chi connectivity index (χ4v) is 4.66. The summed E-state index contributed by atoms with van der Waals surface area (Å²) >= 11 is 7.51. The molecule has 0 unspecified atom stereocenters. The van der Waals surface area contributed by atoms with Crippen LogP contribution in [0.15, 0.2) is 52.4 Å². The van der Waals surface area contributed by atoms with Gasteiger partial charge in [0, 0.05) is 13.3 Å². The third-order valence-electron chi connectivity index (χ3n) is 3.49. The second kappa shape index (κ2) is 6.16. The van der Waals surface area contributed by atoms with Crippen LogP contribution in [0.1, 0.15) is 10.4 Å². The second-order valence-corrected chi connectivity index (χ2v) is 8.62. The number of rotatable bonds is 2. The highest BCUT2D eigenvalue weighted by molar-refractivity contribution is 7.90. The topological polar surface area (TPSA) is 68.5 Å². The van der Waals surface area contributed by atoms with E-state index in [-0.39, 0.29) is 10.5 Å². The molecule has 0 saturated heterocycles. The summed E-state index contributed by atoms with van der Waals surface area (Å²) in [5, 5.41) is 0.566. The van der Waals surface area contributed by atoms with Crippen LogP contribution in [-0.4, -0.2) is 25.1 Å². The molecular formula is C16H13ClN2O3S2. The van der Waals surface area contributed by atoms with Gasteiger partial charge in [-0.05, 0) is 24.3 Å². The van der Waals surface area contributed by atoms with Crippen molar-refractivity contribution < 1.29 is 13.2 Å². The van der Waals surface area contributed by atoms with Gasteiger partial charge in [0.1, 0.15) is 0 Å². The lowest BCUT2D eigenvalue weighted by atomic mass is 10.2. The summed E-state index contributed by atoms with van der Waals surface area (Å²) < 4.78 is 26.3. The zero-order chi connectivity index (χ0) is 17.5. The summed E-state index contributed by atoms with van der Waals surface area (Å²) in [5.41, 5.74) is 0.843. The van der Waals surface area contributed by atoms with Gasteiger partial charge in [-0.1, -0.05) is 41.1 Å². The van der Waals surface area contributed by atoms with Crippen molar-refractivity contribution >= 4 is 48.9 Å². The molecule has 1 heterocycles. The van der Waals surface area contributed by atoms with E-state index in [2.05, 4.69) is 4.99 Å². The lowest BCUT2D eigenvalue weighted by molar-refractivity contribution is 0.0995. The molecule has 0 saturated carbocycles. The second-order valence-electron chi connectivity index (χ2n) is 5.22. The minimum atomic E-state index is -3.52. The number of sulfone groups is 1. The summed E-state index contributed by atoms with van der Waals surface area (Å²) in [6.07, 6.45) is 1.07. The van der Waals surface area contributed by atoms with Crippen molar-refractivity contribution in [2.75, 3.05) is 6.26 Å². The number of halogens is 1. The van der Waals surface area contributed by atoms with Crippen LogP contribution in [-0.2, 0) is 16.9 Å². The summed E-state index contributed by atoms with van der Waals surface area (Å²) in [6.45, 7) is 0. The van der Waals surface area contributed by atoms with Crippen LogP contribution in [0.3, 0.4) is 0 Å². The van der Waals surface area contributed by atoms with Crippen LogP contribution < -0.4 is 4.80 Å². The summed E-state index contributed by atoms with van der Waals surface area (Å²) in [7, 11) is -1.75. The Morgan fingerprint density at radius 3 is 2.54 bits per heavy atom. The molecule has 24 heavy (non-hydrogen) atoms. The highest BCUT2D eigenvalue weighted by atomic mass is 35.5. The molecule has 3 aromatic rings. The minimum Gasteiger partial charge on any atom is -0.318 e. The fraction of sp³-hybridized carbons (Fsp3) is 0.125. The van der Waals surface area contributed by atoms with Crippen LogP contribution in [0.25, 0.3) is 10.2 Å². The highest BCUT2D eigenvalue weighted by Crippen LogP contribution is 2.24. The molecule has 1 aromatic heterocycles. The quantitative estimate of drug-likeness (QED) is 0.686. The number of amides is 1. The van der Waals surface area contributed by atoms with Gasteiger partial charge in [0.15, 0.2) is 14.6 Å². The Bertz CT molecular complexity index is 1130. The SMILES string of the molecule is Cn1c(=NC(=O)c2ccccc2S(C)(=O)=O)sc2cccc(Cl)c21. The number of benzene rings is 2. The molecule has 3 rings (SSSR count). The van der Waals surface area contributed by atoms with Crippen LogP contribution >= 0.6 is 22.9 Å². The third-order valence-corrected chi connectivity index (χ3v) is 6.04. The summed E-state index contributed by atoms with van der Waals surface area (Å²) in [5.74, 6) is -0.602. The van der Waals surface area contributed by atoms with Gasteiger partial charge in [-0.3, -0.25) is 4.79 Å². The van der Waals surface area contributed by atoms with Crippen molar-refractivity contribution in [3.63, 3.8) is 0 Å². The maximum absolute atomic E-state index is 12.5. The van der Waals surface area contributed by atoms with E-state index in [1.165, 1.54) is 23.5 Å². The zero-order valence-corrected chi connectivity index (χ0v) is 15.2. The number of carbonyl (C=O) groups excluding carboxylic acids is 1. The van der Waals surface area contributed by atoms with E-state index in [0.717, 1.165) is 16.5 Å². The molecule has 0 N–H and O–H groups in total.